The number of fused-ring (bicyclic) bond motifs is 2. The third-order valence-electron chi connectivity index (χ3n) is 7.27. The molecule has 40 heavy (non-hydrogen) atoms. The van der Waals surface area contributed by atoms with Gasteiger partial charge in [0.05, 0.1) is 30.4 Å². The second-order valence-electron chi connectivity index (χ2n) is 9.64. The highest BCUT2D eigenvalue weighted by Gasteiger charge is 2.23. The summed E-state index contributed by atoms with van der Waals surface area (Å²) in [6, 6.07) is 18.2. The van der Waals surface area contributed by atoms with Crippen LogP contribution in [0.15, 0.2) is 84.1 Å². The Hall–Kier alpha value is -4.19. The largest absolute Gasteiger partial charge is 0.494 e. The lowest BCUT2D eigenvalue weighted by Gasteiger charge is -2.36. The van der Waals surface area contributed by atoms with Gasteiger partial charge in [0.15, 0.2) is 0 Å². The number of aliphatic hydroxyl groups excluding tert-OH is 1. The average molecular weight is 559 g/mol. The topological polar surface area (TPSA) is 113 Å². The molecule has 5 aromatic rings. The van der Waals surface area contributed by atoms with E-state index in [4.69, 9.17) is 4.74 Å². The lowest BCUT2D eigenvalue weighted by Crippen LogP contribution is -2.47. The highest BCUT2D eigenvalue weighted by molar-refractivity contribution is 7.90. The van der Waals surface area contributed by atoms with Crippen LogP contribution < -0.4 is 15.0 Å². The Morgan fingerprint density at radius 3 is 2.60 bits per heavy atom. The van der Waals surface area contributed by atoms with Gasteiger partial charge in [-0.05, 0) is 30.3 Å². The van der Waals surface area contributed by atoms with Crippen molar-refractivity contribution >= 4 is 49.0 Å². The minimum atomic E-state index is -3.93. The molecule has 10 nitrogen and oxygen atoms in total. The molecule has 2 aromatic carbocycles. The number of nitrogens with one attached hydrogen (secondary N) is 1. The second-order valence-corrected chi connectivity index (χ2v) is 11.4. The normalized spacial score (nSPS) is 14.6. The fourth-order valence-electron chi connectivity index (χ4n) is 5.16. The molecule has 2 N–H and O–H groups in total. The molecule has 3 aromatic heterocycles. The van der Waals surface area contributed by atoms with Gasteiger partial charge in [-0.25, -0.2) is 17.4 Å². The van der Waals surface area contributed by atoms with Crippen LogP contribution in [-0.2, 0) is 10.0 Å². The van der Waals surface area contributed by atoms with Crippen LogP contribution in [0, 0.1) is 0 Å². The molecule has 1 fully saturated rings. The summed E-state index contributed by atoms with van der Waals surface area (Å²) in [5.41, 5.74) is 2.70. The highest BCUT2D eigenvalue weighted by Crippen LogP contribution is 2.33. The van der Waals surface area contributed by atoms with Crippen LogP contribution >= 0.6 is 0 Å². The number of β-amino-alcohol motifs (C(OH)–C–C–N with tert-alkyl or cyclic N) is 1. The molecule has 1 saturated heterocycles. The number of methoxy groups -OCH3 is 1. The van der Waals surface area contributed by atoms with Gasteiger partial charge in [0.2, 0.25) is 0 Å². The molecule has 1 aliphatic rings. The molecule has 0 unspecified atom stereocenters. The number of aromatic nitrogens is 3. The average Bonchev–Trinajstić information content (AvgIpc) is 3.42. The standard InChI is InChI=1S/C29H30N6O4S/c1-39-26-18-23(34-14-12-33(13-15-34)16-17-36)7-8-24(26)32-28-19-25-22(20-31-28)9-11-35(25)40(37,38)27-6-2-4-21-5-3-10-30-29(21)27/h2-11,18-20,36H,12-17H2,1H3,(H,31,32). The van der Waals surface area contributed by atoms with Crippen molar-refractivity contribution in [2.45, 2.75) is 4.90 Å². The van der Waals surface area contributed by atoms with Crippen molar-refractivity contribution in [3.05, 3.63) is 79.3 Å². The molecule has 4 heterocycles. The van der Waals surface area contributed by atoms with Crippen molar-refractivity contribution in [2.24, 2.45) is 0 Å². The summed E-state index contributed by atoms with van der Waals surface area (Å²) in [6.07, 6.45) is 4.79. The molecule has 0 aliphatic carbocycles. The second kappa shape index (κ2) is 10.8. The van der Waals surface area contributed by atoms with E-state index in [2.05, 4.69) is 25.1 Å². The smallest absolute Gasteiger partial charge is 0.270 e. The zero-order valence-electron chi connectivity index (χ0n) is 22.1. The Kier molecular flexibility index (Phi) is 7.01. The summed E-state index contributed by atoms with van der Waals surface area (Å²) in [4.78, 5) is 13.5. The Bertz CT molecular complexity index is 1780. The number of piperazine rings is 1. The van der Waals surface area contributed by atoms with E-state index in [1.807, 2.05) is 30.3 Å². The quantitative estimate of drug-likeness (QED) is 0.294. The molecule has 0 amide bonds. The molecule has 0 bridgehead atoms. The van der Waals surface area contributed by atoms with Gasteiger partial charge in [0.1, 0.15) is 16.5 Å². The van der Waals surface area contributed by atoms with E-state index in [9.17, 15) is 13.5 Å². The molecule has 206 valence electrons. The first-order valence-electron chi connectivity index (χ1n) is 13.1. The number of hydrogen-bond donors (Lipinski definition) is 2. The molecular weight excluding hydrogens is 528 g/mol. The summed E-state index contributed by atoms with van der Waals surface area (Å²) < 4.78 is 34.5. The van der Waals surface area contributed by atoms with E-state index in [0.717, 1.165) is 42.9 Å². The number of rotatable bonds is 8. The minimum Gasteiger partial charge on any atom is -0.494 e. The van der Waals surface area contributed by atoms with Crippen molar-refractivity contribution < 1.29 is 18.3 Å². The molecule has 0 spiro atoms. The van der Waals surface area contributed by atoms with Gasteiger partial charge in [-0.2, -0.15) is 0 Å². The van der Waals surface area contributed by atoms with Crippen LogP contribution in [0.25, 0.3) is 21.8 Å². The number of pyridine rings is 2. The van der Waals surface area contributed by atoms with E-state index < -0.39 is 10.0 Å². The number of anilines is 3. The summed E-state index contributed by atoms with van der Waals surface area (Å²) in [6.45, 7) is 4.39. The maximum Gasteiger partial charge on any atom is 0.270 e. The van der Waals surface area contributed by atoms with Crippen LogP contribution in [0.5, 0.6) is 5.75 Å². The Morgan fingerprint density at radius 2 is 1.80 bits per heavy atom. The number of para-hydroxylation sites is 1. The van der Waals surface area contributed by atoms with Crippen LogP contribution in [0.1, 0.15) is 0 Å². The fraction of sp³-hybridized carbons (Fsp3) is 0.241. The van der Waals surface area contributed by atoms with Gasteiger partial charge in [-0.1, -0.05) is 18.2 Å². The molecule has 0 saturated carbocycles. The third-order valence-corrected chi connectivity index (χ3v) is 8.99. The summed E-state index contributed by atoms with van der Waals surface area (Å²) >= 11 is 0. The van der Waals surface area contributed by atoms with Crippen molar-refractivity contribution in [3.8, 4) is 5.75 Å². The van der Waals surface area contributed by atoms with E-state index in [-0.39, 0.29) is 11.5 Å². The van der Waals surface area contributed by atoms with E-state index in [0.29, 0.717) is 34.5 Å². The zero-order chi connectivity index (χ0) is 27.7. The van der Waals surface area contributed by atoms with Crippen molar-refractivity contribution in [1.29, 1.82) is 0 Å². The Morgan fingerprint density at radius 1 is 0.975 bits per heavy atom. The van der Waals surface area contributed by atoms with Crippen LogP contribution in [0.2, 0.25) is 0 Å². The highest BCUT2D eigenvalue weighted by atomic mass is 32.2. The first kappa shape index (κ1) is 26.1. The minimum absolute atomic E-state index is 0.142. The van der Waals surface area contributed by atoms with Crippen LogP contribution in [0.4, 0.5) is 17.2 Å². The lowest BCUT2D eigenvalue weighted by atomic mass is 10.2. The number of benzene rings is 2. The molecule has 6 rings (SSSR count). The third kappa shape index (κ3) is 4.83. The van der Waals surface area contributed by atoms with Crippen LogP contribution in [-0.4, -0.2) is 78.8 Å². The SMILES string of the molecule is COc1cc(N2CCN(CCO)CC2)ccc1Nc1cc2c(ccn2S(=O)(=O)c2cccc3cccnc23)cn1. The van der Waals surface area contributed by atoms with Crippen molar-refractivity contribution in [3.63, 3.8) is 0 Å². The Balaban J connectivity index is 1.29. The van der Waals surface area contributed by atoms with Gasteiger partial charge in [-0.3, -0.25) is 9.88 Å². The summed E-state index contributed by atoms with van der Waals surface area (Å²) in [5.74, 6) is 1.14. The molecular formula is C29H30N6O4S. The fourth-order valence-corrected chi connectivity index (χ4v) is 6.68. The molecule has 0 radical (unpaired) electrons. The maximum atomic E-state index is 13.8. The number of nitrogens with zero attached hydrogens (tertiary/aromatic N) is 5. The van der Waals surface area contributed by atoms with Crippen molar-refractivity contribution in [2.75, 3.05) is 56.7 Å². The van der Waals surface area contributed by atoms with Gasteiger partial charge in [0, 0.05) is 79.9 Å². The van der Waals surface area contributed by atoms with Gasteiger partial charge < -0.3 is 20.1 Å². The van der Waals surface area contributed by atoms with Crippen LogP contribution in [0.3, 0.4) is 0 Å². The van der Waals surface area contributed by atoms with Crippen molar-refractivity contribution in [1.82, 2.24) is 18.8 Å². The molecule has 11 heteroatoms. The van der Waals surface area contributed by atoms with E-state index >= 15 is 0 Å². The molecule has 0 atom stereocenters. The van der Waals surface area contributed by atoms with Gasteiger partial charge in [-0.15, -0.1) is 0 Å². The summed E-state index contributed by atoms with van der Waals surface area (Å²) in [7, 11) is -2.30. The first-order chi connectivity index (χ1) is 19.5. The Labute approximate surface area is 232 Å². The predicted octanol–water partition coefficient (Wildman–Crippen LogP) is 3.69. The van der Waals surface area contributed by atoms with E-state index in [1.54, 1.807) is 56.0 Å². The van der Waals surface area contributed by atoms with E-state index in [1.165, 1.54) is 3.97 Å². The summed E-state index contributed by atoms with van der Waals surface area (Å²) in [5, 5.41) is 13.9. The predicted molar refractivity (Wildman–Crippen MR) is 156 cm³/mol. The molecule has 1 aliphatic heterocycles. The number of ether oxygens (including phenoxy) is 1. The number of aliphatic hydroxyl groups is 1. The van der Waals surface area contributed by atoms with Gasteiger partial charge >= 0.3 is 0 Å². The maximum absolute atomic E-state index is 13.8. The zero-order valence-corrected chi connectivity index (χ0v) is 22.9. The lowest BCUT2D eigenvalue weighted by molar-refractivity contribution is 0.189. The number of hydrogen-bond acceptors (Lipinski definition) is 9. The van der Waals surface area contributed by atoms with Gasteiger partial charge in [0.25, 0.3) is 10.0 Å². The monoisotopic (exact) mass is 558 g/mol. The first-order valence-corrected chi connectivity index (χ1v) is 14.5.